The van der Waals surface area contributed by atoms with Gasteiger partial charge in [0.25, 0.3) is 5.91 Å². The Bertz CT molecular complexity index is 719. The first-order chi connectivity index (χ1) is 14.2. The van der Waals surface area contributed by atoms with E-state index >= 15 is 0 Å². The second-order valence-corrected chi connectivity index (χ2v) is 8.44. The van der Waals surface area contributed by atoms with Crippen LogP contribution in [0.15, 0.2) is 24.3 Å². The predicted octanol–water partition coefficient (Wildman–Crippen LogP) is 2.58. The first kappa shape index (κ1) is 23.5. The summed E-state index contributed by atoms with van der Waals surface area (Å²) in [5.74, 6) is 0.970. The smallest absolute Gasteiger partial charge is 0.407 e. The number of nitrogens with zero attached hydrogens (tertiary/aromatic N) is 1. The molecule has 0 spiro atoms. The molecule has 1 aromatic rings. The van der Waals surface area contributed by atoms with Gasteiger partial charge in [0, 0.05) is 38.2 Å². The van der Waals surface area contributed by atoms with Gasteiger partial charge in [-0.15, -0.1) is 0 Å². The summed E-state index contributed by atoms with van der Waals surface area (Å²) in [6.45, 7) is 7.55. The van der Waals surface area contributed by atoms with Crippen molar-refractivity contribution in [3.63, 3.8) is 0 Å². The first-order valence-electron chi connectivity index (χ1n) is 10.3. The summed E-state index contributed by atoms with van der Waals surface area (Å²) >= 11 is 0. The average molecular weight is 420 g/mol. The number of benzene rings is 1. The third-order valence-electron chi connectivity index (χ3n) is 4.88. The van der Waals surface area contributed by atoms with Gasteiger partial charge in [-0.2, -0.15) is 0 Å². The standard InChI is InChI=1S/C22H33N3O5/c1-22(2,3)30-21(28)23-12-9-19(26)25-13-10-16(11-14-25)15-24-20(27)17-5-7-18(29-4)8-6-17/h5-8,16H,9-15H2,1-4H3,(H,23,28)(H,24,27). The predicted molar refractivity (Wildman–Crippen MR) is 113 cm³/mol. The Morgan fingerprint density at radius 3 is 2.27 bits per heavy atom. The molecule has 1 aliphatic heterocycles. The number of rotatable bonds is 7. The highest BCUT2D eigenvalue weighted by Gasteiger charge is 2.23. The van der Waals surface area contributed by atoms with Crippen LogP contribution in [0.4, 0.5) is 4.79 Å². The normalized spacial score (nSPS) is 14.7. The molecule has 1 heterocycles. The highest BCUT2D eigenvalue weighted by Crippen LogP contribution is 2.18. The van der Waals surface area contributed by atoms with E-state index in [1.54, 1.807) is 52.1 Å². The lowest BCUT2D eigenvalue weighted by molar-refractivity contribution is -0.132. The molecule has 8 nitrogen and oxygen atoms in total. The number of likely N-dealkylation sites (tertiary alicyclic amines) is 1. The minimum Gasteiger partial charge on any atom is -0.497 e. The maximum atomic E-state index is 12.3. The fraction of sp³-hybridized carbons (Fsp3) is 0.591. The number of alkyl carbamates (subject to hydrolysis) is 1. The van der Waals surface area contributed by atoms with Crippen LogP contribution in [-0.2, 0) is 9.53 Å². The summed E-state index contributed by atoms with van der Waals surface area (Å²) in [4.78, 5) is 38.0. The molecule has 1 aromatic carbocycles. The SMILES string of the molecule is COc1ccc(C(=O)NCC2CCN(C(=O)CCNC(=O)OC(C)(C)C)CC2)cc1. The van der Waals surface area contributed by atoms with Crippen molar-refractivity contribution in [1.82, 2.24) is 15.5 Å². The zero-order chi connectivity index (χ0) is 22.1. The number of amides is 3. The summed E-state index contributed by atoms with van der Waals surface area (Å²) in [5.41, 5.74) is 0.0413. The van der Waals surface area contributed by atoms with Crippen LogP contribution in [0.2, 0.25) is 0 Å². The lowest BCUT2D eigenvalue weighted by atomic mass is 9.96. The van der Waals surface area contributed by atoms with Crippen LogP contribution in [0.1, 0.15) is 50.4 Å². The highest BCUT2D eigenvalue weighted by molar-refractivity contribution is 5.94. The first-order valence-corrected chi connectivity index (χ1v) is 10.3. The fourth-order valence-electron chi connectivity index (χ4n) is 3.21. The van der Waals surface area contributed by atoms with Crippen LogP contribution < -0.4 is 15.4 Å². The molecule has 0 aromatic heterocycles. The lowest BCUT2D eigenvalue weighted by Gasteiger charge is -2.32. The van der Waals surface area contributed by atoms with Crippen molar-refractivity contribution in [1.29, 1.82) is 0 Å². The van der Waals surface area contributed by atoms with E-state index in [9.17, 15) is 14.4 Å². The number of piperidine rings is 1. The summed E-state index contributed by atoms with van der Waals surface area (Å²) < 4.78 is 10.3. The Kier molecular flexibility index (Phi) is 8.50. The van der Waals surface area contributed by atoms with Crippen LogP contribution in [0.25, 0.3) is 0 Å². The molecule has 1 saturated heterocycles. The van der Waals surface area contributed by atoms with E-state index in [2.05, 4.69) is 10.6 Å². The second-order valence-electron chi connectivity index (χ2n) is 8.44. The molecule has 0 aliphatic carbocycles. The number of ether oxygens (including phenoxy) is 2. The zero-order valence-electron chi connectivity index (χ0n) is 18.3. The summed E-state index contributed by atoms with van der Waals surface area (Å²) in [6, 6.07) is 6.99. The van der Waals surface area contributed by atoms with Gasteiger partial charge in [-0.25, -0.2) is 4.79 Å². The number of hydrogen-bond donors (Lipinski definition) is 2. The van der Waals surface area contributed by atoms with Crippen LogP contribution in [0.3, 0.4) is 0 Å². The van der Waals surface area contributed by atoms with E-state index in [1.807, 2.05) is 4.90 Å². The lowest BCUT2D eigenvalue weighted by Crippen LogP contribution is -2.42. The Balaban J connectivity index is 1.64. The van der Waals surface area contributed by atoms with Crippen molar-refractivity contribution in [3.8, 4) is 5.75 Å². The average Bonchev–Trinajstić information content (AvgIpc) is 2.71. The molecular formula is C22H33N3O5. The van der Waals surface area contributed by atoms with Crippen LogP contribution in [-0.4, -0.2) is 61.7 Å². The number of hydrogen-bond acceptors (Lipinski definition) is 5. The van der Waals surface area contributed by atoms with Gasteiger partial charge >= 0.3 is 6.09 Å². The summed E-state index contributed by atoms with van der Waals surface area (Å²) in [6.07, 6.45) is 1.42. The third kappa shape index (κ3) is 7.93. The zero-order valence-corrected chi connectivity index (χ0v) is 18.3. The van der Waals surface area contributed by atoms with Crippen LogP contribution >= 0.6 is 0 Å². The molecule has 0 unspecified atom stereocenters. The molecule has 30 heavy (non-hydrogen) atoms. The molecule has 1 aliphatic rings. The number of carbonyl (C=O) groups excluding carboxylic acids is 3. The summed E-state index contributed by atoms with van der Waals surface area (Å²) in [7, 11) is 1.59. The molecule has 1 fully saturated rings. The van der Waals surface area contributed by atoms with Gasteiger partial charge in [-0.3, -0.25) is 9.59 Å². The van der Waals surface area contributed by atoms with Gasteiger partial charge in [-0.05, 0) is 63.8 Å². The molecule has 0 atom stereocenters. The Hall–Kier alpha value is -2.77. The van der Waals surface area contributed by atoms with Crippen LogP contribution in [0, 0.1) is 5.92 Å². The van der Waals surface area contributed by atoms with Gasteiger partial charge in [0.15, 0.2) is 0 Å². The molecule has 0 radical (unpaired) electrons. The van der Waals surface area contributed by atoms with Crippen molar-refractivity contribution in [2.45, 2.75) is 45.6 Å². The van der Waals surface area contributed by atoms with Crippen molar-refractivity contribution in [2.75, 3.05) is 33.3 Å². The van der Waals surface area contributed by atoms with Crippen molar-refractivity contribution in [3.05, 3.63) is 29.8 Å². The van der Waals surface area contributed by atoms with Gasteiger partial charge in [0.2, 0.25) is 5.91 Å². The van der Waals surface area contributed by atoms with E-state index in [0.29, 0.717) is 36.9 Å². The van der Waals surface area contributed by atoms with Gasteiger partial charge in [0.05, 0.1) is 7.11 Å². The molecule has 8 heteroatoms. The minimum atomic E-state index is -0.557. The van der Waals surface area contributed by atoms with E-state index in [4.69, 9.17) is 9.47 Å². The van der Waals surface area contributed by atoms with E-state index in [0.717, 1.165) is 12.8 Å². The van der Waals surface area contributed by atoms with Crippen molar-refractivity contribution < 1.29 is 23.9 Å². The number of carbonyl (C=O) groups is 3. The fourth-order valence-corrected chi connectivity index (χ4v) is 3.21. The maximum Gasteiger partial charge on any atom is 0.407 e. The quantitative estimate of drug-likeness (QED) is 0.708. The number of methoxy groups -OCH3 is 1. The van der Waals surface area contributed by atoms with Crippen molar-refractivity contribution >= 4 is 17.9 Å². The van der Waals surface area contributed by atoms with Crippen molar-refractivity contribution in [2.24, 2.45) is 5.92 Å². The topological polar surface area (TPSA) is 97.0 Å². The molecule has 2 N–H and O–H groups in total. The maximum absolute atomic E-state index is 12.3. The van der Waals surface area contributed by atoms with E-state index in [1.165, 1.54) is 0 Å². The summed E-state index contributed by atoms with van der Waals surface area (Å²) in [5, 5.41) is 5.58. The minimum absolute atomic E-state index is 0.0202. The van der Waals surface area contributed by atoms with E-state index in [-0.39, 0.29) is 24.8 Å². The Morgan fingerprint density at radius 1 is 1.07 bits per heavy atom. The molecule has 0 bridgehead atoms. The third-order valence-corrected chi connectivity index (χ3v) is 4.88. The molecule has 166 valence electrons. The molecule has 3 amide bonds. The Morgan fingerprint density at radius 2 is 1.70 bits per heavy atom. The van der Waals surface area contributed by atoms with Crippen LogP contribution in [0.5, 0.6) is 5.75 Å². The second kappa shape index (κ2) is 10.8. The molecular weight excluding hydrogens is 386 g/mol. The monoisotopic (exact) mass is 419 g/mol. The number of nitrogens with one attached hydrogen (secondary N) is 2. The molecule has 2 rings (SSSR count). The molecule has 0 saturated carbocycles. The largest absolute Gasteiger partial charge is 0.497 e. The van der Waals surface area contributed by atoms with Gasteiger partial charge in [0.1, 0.15) is 11.4 Å². The highest BCUT2D eigenvalue weighted by atomic mass is 16.6. The van der Waals surface area contributed by atoms with Gasteiger partial charge in [-0.1, -0.05) is 0 Å². The Labute approximate surface area is 178 Å². The van der Waals surface area contributed by atoms with E-state index < -0.39 is 11.7 Å². The van der Waals surface area contributed by atoms with Gasteiger partial charge < -0.3 is 25.0 Å².